The fourth-order valence-electron chi connectivity index (χ4n) is 0.953. The lowest BCUT2D eigenvalue weighted by Crippen LogP contribution is -1.88. The number of methoxy groups -OCH3 is 1. The van der Waals surface area contributed by atoms with Gasteiger partial charge in [0.25, 0.3) is 0 Å². The number of carbonyl (C=O) groups excluding carboxylic acids is 1. The van der Waals surface area contributed by atoms with Crippen molar-refractivity contribution in [1.82, 2.24) is 0 Å². The predicted octanol–water partition coefficient (Wildman–Crippen LogP) is 2.18. The average molecular weight is 198 g/mol. The zero-order chi connectivity index (χ0) is 9.68. The van der Waals surface area contributed by atoms with Crippen molar-refractivity contribution in [3.8, 4) is 5.75 Å². The van der Waals surface area contributed by atoms with Gasteiger partial charge in [0.05, 0.1) is 18.7 Å². The van der Waals surface area contributed by atoms with Gasteiger partial charge in [-0.2, -0.15) is 0 Å². The van der Waals surface area contributed by atoms with Gasteiger partial charge < -0.3 is 4.74 Å². The van der Waals surface area contributed by atoms with Crippen molar-refractivity contribution >= 4 is 17.7 Å². The number of hydrogen-bond acceptors (Lipinski definition) is 3. The van der Waals surface area contributed by atoms with Gasteiger partial charge in [0.1, 0.15) is 5.75 Å². The monoisotopic (exact) mass is 197 g/mol. The molecule has 1 rings (SSSR count). The number of ether oxygens (including phenoxy) is 1. The molecule has 1 aromatic carbocycles. The first kappa shape index (κ1) is 9.78. The van der Waals surface area contributed by atoms with Crippen molar-refractivity contribution in [2.45, 2.75) is 6.54 Å². The highest BCUT2D eigenvalue weighted by Crippen LogP contribution is 2.27. The Kier molecular flexibility index (Phi) is 3.50. The maximum atomic E-state index is 9.88. The van der Waals surface area contributed by atoms with E-state index in [4.69, 9.17) is 16.3 Å². The average Bonchev–Trinajstić information content (AvgIpc) is 2.16. The van der Waals surface area contributed by atoms with Gasteiger partial charge in [-0.1, -0.05) is 23.7 Å². The molecule has 0 aliphatic rings. The third kappa shape index (κ3) is 2.31. The van der Waals surface area contributed by atoms with E-state index < -0.39 is 0 Å². The maximum Gasteiger partial charge on any atom is 0.235 e. The number of hydrogen-bond donors (Lipinski definition) is 0. The van der Waals surface area contributed by atoms with Crippen LogP contribution in [0.4, 0.5) is 0 Å². The van der Waals surface area contributed by atoms with Crippen LogP contribution >= 0.6 is 11.6 Å². The van der Waals surface area contributed by atoms with Crippen LogP contribution in [0.25, 0.3) is 0 Å². The lowest BCUT2D eigenvalue weighted by Gasteiger charge is -2.05. The SMILES string of the molecule is COc1cccc(CN=C=O)c1Cl. The first-order valence-electron chi connectivity index (χ1n) is 3.64. The van der Waals surface area contributed by atoms with Crippen LogP contribution in [0.5, 0.6) is 5.75 Å². The zero-order valence-electron chi connectivity index (χ0n) is 7.08. The van der Waals surface area contributed by atoms with Gasteiger partial charge in [-0.25, -0.2) is 9.79 Å². The summed E-state index contributed by atoms with van der Waals surface area (Å²) in [5.41, 5.74) is 0.754. The Bertz CT molecular complexity index is 345. The van der Waals surface area contributed by atoms with Crippen LogP contribution in [0.15, 0.2) is 23.2 Å². The summed E-state index contributed by atoms with van der Waals surface area (Å²) in [6, 6.07) is 5.32. The summed E-state index contributed by atoms with van der Waals surface area (Å²) in [4.78, 5) is 13.3. The van der Waals surface area contributed by atoms with E-state index in [1.807, 2.05) is 0 Å². The van der Waals surface area contributed by atoms with Crippen molar-refractivity contribution in [3.05, 3.63) is 28.8 Å². The minimum absolute atomic E-state index is 0.236. The fraction of sp³-hybridized carbons (Fsp3) is 0.222. The summed E-state index contributed by atoms with van der Waals surface area (Å²) >= 11 is 5.93. The second-order valence-electron chi connectivity index (χ2n) is 2.34. The lowest BCUT2D eigenvalue weighted by molar-refractivity contribution is 0.414. The van der Waals surface area contributed by atoms with Crippen molar-refractivity contribution in [1.29, 1.82) is 0 Å². The number of halogens is 1. The molecule has 0 amide bonds. The first-order chi connectivity index (χ1) is 6.29. The molecule has 0 heterocycles. The van der Waals surface area contributed by atoms with E-state index >= 15 is 0 Å². The lowest BCUT2D eigenvalue weighted by atomic mass is 10.2. The largest absolute Gasteiger partial charge is 0.495 e. The van der Waals surface area contributed by atoms with Gasteiger partial charge in [-0.15, -0.1) is 0 Å². The van der Waals surface area contributed by atoms with E-state index in [1.54, 1.807) is 18.2 Å². The van der Waals surface area contributed by atoms with Crippen molar-refractivity contribution in [2.24, 2.45) is 4.99 Å². The Hall–Kier alpha value is -1.31. The highest BCUT2D eigenvalue weighted by molar-refractivity contribution is 6.32. The molecule has 0 aliphatic heterocycles. The van der Waals surface area contributed by atoms with Crippen LogP contribution < -0.4 is 4.74 Å². The molecule has 0 aliphatic carbocycles. The van der Waals surface area contributed by atoms with Gasteiger partial charge in [-0.3, -0.25) is 0 Å². The van der Waals surface area contributed by atoms with E-state index in [0.29, 0.717) is 10.8 Å². The fourth-order valence-corrected chi connectivity index (χ4v) is 1.22. The molecule has 0 spiro atoms. The summed E-state index contributed by atoms with van der Waals surface area (Å²) in [6.07, 6.45) is 1.46. The predicted molar refractivity (Wildman–Crippen MR) is 49.8 cm³/mol. The number of aliphatic imine (C=N–C) groups is 1. The molecule has 68 valence electrons. The molecule has 0 fully saturated rings. The zero-order valence-corrected chi connectivity index (χ0v) is 7.84. The molecule has 0 radical (unpaired) electrons. The van der Waals surface area contributed by atoms with Gasteiger partial charge in [0.15, 0.2) is 0 Å². The minimum Gasteiger partial charge on any atom is -0.495 e. The second-order valence-corrected chi connectivity index (χ2v) is 2.72. The Morgan fingerprint density at radius 2 is 2.38 bits per heavy atom. The van der Waals surface area contributed by atoms with Gasteiger partial charge in [0, 0.05) is 0 Å². The Labute approximate surface area is 81.0 Å². The topological polar surface area (TPSA) is 38.7 Å². The first-order valence-corrected chi connectivity index (χ1v) is 4.02. The van der Waals surface area contributed by atoms with E-state index in [0.717, 1.165) is 5.56 Å². The normalized spacial score (nSPS) is 9.08. The third-order valence-electron chi connectivity index (χ3n) is 1.58. The number of rotatable bonds is 3. The molecular formula is C9H8ClNO2. The van der Waals surface area contributed by atoms with Crippen molar-refractivity contribution < 1.29 is 9.53 Å². The van der Waals surface area contributed by atoms with Crippen LogP contribution in [-0.2, 0) is 11.3 Å². The number of nitrogens with zero attached hydrogens (tertiary/aromatic N) is 1. The summed E-state index contributed by atoms with van der Waals surface area (Å²) in [7, 11) is 1.54. The Morgan fingerprint density at radius 3 is 3.00 bits per heavy atom. The highest BCUT2D eigenvalue weighted by atomic mass is 35.5. The summed E-state index contributed by atoms with van der Waals surface area (Å²) in [5.74, 6) is 0.584. The summed E-state index contributed by atoms with van der Waals surface area (Å²) in [6.45, 7) is 0.236. The van der Waals surface area contributed by atoms with Crippen molar-refractivity contribution in [3.63, 3.8) is 0 Å². The summed E-state index contributed by atoms with van der Waals surface area (Å²) < 4.78 is 4.99. The molecule has 13 heavy (non-hydrogen) atoms. The molecule has 0 saturated carbocycles. The third-order valence-corrected chi connectivity index (χ3v) is 2.01. The number of benzene rings is 1. The van der Waals surface area contributed by atoms with E-state index in [-0.39, 0.29) is 6.54 Å². The van der Waals surface area contributed by atoms with Crippen LogP contribution in [0.2, 0.25) is 5.02 Å². The second kappa shape index (κ2) is 4.65. The van der Waals surface area contributed by atoms with Crippen LogP contribution in [0.3, 0.4) is 0 Å². The van der Waals surface area contributed by atoms with E-state index in [1.165, 1.54) is 13.2 Å². The Balaban J connectivity index is 3.00. The molecule has 3 nitrogen and oxygen atoms in total. The molecule has 4 heteroatoms. The maximum absolute atomic E-state index is 9.88. The van der Waals surface area contributed by atoms with Crippen LogP contribution in [0.1, 0.15) is 5.56 Å². The van der Waals surface area contributed by atoms with Crippen LogP contribution in [0, 0.1) is 0 Å². The molecule has 0 unspecified atom stereocenters. The molecule has 0 N–H and O–H groups in total. The quantitative estimate of drug-likeness (QED) is 0.550. The van der Waals surface area contributed by atoms with Crippen LogP contribution in [-0.4, -0.2) is 13.2 Å². The molecule has 0 saturated heterocycles. The molecule has 0 atom stereocenters. The molecule has 1 aromatic rings. The molecular weight excluding hydrogens is 190 g/mol. The van der Waals surface area contributed by atoms with Gasteiger partial charge in [-0.05, 0) is 11.6 Å². The molecule has 0 bridgehead atoms. The van der Waals surface area contributed by atoms with E-state index in [9.17, 15) is 4.79 Å². The smallest absolute Gasteiger partial charge is 0.235 e. The highest BCUT2D eigenvalue weighted by Gasteiger charge is 2.04. The standard InChI is InChI=1S/C9H8ClNO2/c1-13-8-4-2-3-7(9(8)10)5-11-6-12/h2-4H,5H2,1H3. The molecule has 0 aromatic heterocycles. The number of isocyanates is 1. The van der Waals surface area contributed by atoms with E-state index in [2.05, 4.69) is 4.99 Å². The van der Waals surface area contributed by atoms with Crippen molar-refractivity contribution in [2.75, 3.05) is 7.11 Å². The Morgan fingerprint density at radius 1 is 1.62 bits per heavy atom. The van der Waals surface area contributed by atoms with Gasteiger partial charge in [0.2, 0.25) is 6.08 Å². The van der Waals surface area contributed by atoms with Gasteiger partial charge >= 0.3 is 0 Å². The summed E-state index contributed by atoms with van der Waals surface area (Å²) in [5, 5.41) is 0.490. The minimum atomic E-state index is 0.236.